The van der Waals surface area contributed by atoms with Gasteiger partial charge in [0.25, 0.3) is 0 Å². The van der Waals surface area contributed by atoms with Gasteiger partial charge in [0, 0.05) is 30.9 Å². The Labute approximate surface area is 182 Å². The lowest BCUT2D eigenvalue weighted by Crippen LogP contribution is -2.48. The lowest BCUT2D eigenvalue weighted by atomic mass is 10.1. The zero-order valence-corrected chi connectivity index (χ0v) is 18.4. The van der Waals surface area contributed by atoms with E-state index in [1.165, 1.54) is 36.9 Å². The van der Waals surface area contributed by atoms with Gasteiger partial charge in [0.2, 0.25) is 0 Å². The summed E-state index contributed by atoms with van der Waals surface area (Å²) in [6, 6.07) is 6.00. The molecule has 0 radical (unpaired) electrons. The number of nitrogens with two attached hydrogens (primary N) is 1. The van der Waals surface area contributed by atoms with Crippen molar-refractivity contribution in [2.75, 3.05) is 32.0 Å². The quantitative estimate of drug-likeness (QED) is 0.728. The predicted molar refractivity (Wildman–Crippen MR) is 115 cm³/mol. The Balaban J connectivity index is 1.25. The molecule has 31 heavy (non-hydrogen) atoms. The molecule has 9 heteroatoms. The molecular formula is C22H29N5O3S. The first-order valence-electron chi connectivity index (χ1n) is 11.3. The molecule has 0 amide bonds. The van der Waals surface area contributed by atoms with Gasteiger partial charge in [-0.25, -0.2) is 13.4 Å². The van der Waals surface area contributed by atoms with E-state index in [2.05, 4.69) is 20.6 Å². The van der Waals surface area contributed by atoms with E-state index in [1.807, 2.05) is 0 Å². The van der Waals surface area contributed by atoms with Crippen molar-refractivity contribution in [1.29, 1.82) is 0 Å². The molecule has 6 rings (SSSR count). The maximum atomic E-state index is 13.0. The number of piperidine rings is 1. The number of sulfone groups is 1. The average molecular weight is 444 g/mol. The summed E-state index contributed by atoms with van der Waals surface area (Å²) >= 11 is 0. The molecule has 0 spiro atoms. The summed E-state index contributed by atoms with van der Waals surface area (Å²) in [6.07, 6.45) is 6.15. The molecule has 0 aromatic carbocycles. The molecule has 2 saturated carbocycles. The summed E-state index contributed by atoms with van der Waals surface area (Å²) in [6.45, 7) is 3.99. The highest BCUT2D eigenvalue weighted by atomic mass is 32.2. The summed E-state index contributed by atoms with van der Waals surface area (Å²) < 4.78 is 33.5. The van der Waals surface area contributed by atoms with Crippen molar-refractivity contribution < 1.29 is 13.2 Å². The van der Waals surface area contributed by atoms with Crippen LogP contribution in [-0.2, 0) is 20.3 Å². The second-order valence-corrected chi connectivity index (χ2v) is 11.6. The van der Waals surface area contributed by atoms with Gasteiger partial charge in [-0.3, -0.25) is 9.58 Å². The summed E-state index contributed by atoms with van der Waals surface area (Å²) in [7, 11) is -3.52. The Bertz CT molecular complexity index is 1080. The third-order valence-electron chi connectivity index (χ3n) is 7.64. The number of rotatable bonds is 6. The van der Waals surface area contributed by atoms with E-state index in [-0.39, 0.29) is 16.5 Å². The number of pyridine rings is 1. The van der Waals surface area contributed by atoms with E-state index in [0.29, 0.717) is 35.5 Å². The third-order valence-corrected chi connectivity index (χ3v) is 9.28. The van der Waals surface area contributed by atoms with Gasteiger partial charge >= 0.3 is 0 Å². The van der Waals surface area contributed by atoms with Gasteiger partial charge in [-0.05, 0) is 42.9 Å². The van der Waals surface area contributed by atoms with Crippen LogP contribution in [0.2, 0.25) is 0 Å². The van der Waals surface area contributed by atoms with Crippen LogP contribution in [0.25, 0.3) is 0 Å². The minimum absolute atomic E-state index is 0.100. The molecule has 2 aromatic rings. The van der Waals surface area contributed by atoms with Gasteiger partial charge in [-0.2, -0.15) is 5.10 Å². The molecular weight excluding hydrogens is 414 g/mol. The number of nitrogen functional groups attached to an aromatic ring is 1. The summed E-state index contributed by atoms with van der Waals surface area (Å²) in [5.41, 5.74) is 7.60. The number of ether oxygens (including phenoxy) is 1. The fourth-order valence-electron chi connectivity index (χ4n) is 5.85. The van der Waals surface area contributed by atoms with Crippen molar-refractivity contribution >= 4 is 15.7 Å². The predicted octanol–water partition coefficient (Wildman–Crippen LogP) is 1.99. The number of nitrogens with zero attached hydrogens (tertiary/aromatic N) is 4. The van der Waals surface area contributed by atoms with Crippen molar-refractivity contribution in [1.82, 2.24) is 19.7 Å². The highest BCUT2D eigenvalue weighted by Crippen LogP contribution is 2.59. The van der Waals surface area contributed by atoms with Crippen LogP contribution >= 0.6 is 0 Å². The standard InChI is InChI=1S/C22H29N5O3S/c23-21-8-17(5-6-24-21)31(28,29)13-14-7-20(27(25-14)15-3-1-2-4-15)22-18-9-26(10-19(18)22)16-11-30-12-16/h5-8,15-16,18-19,22H,1-4,9-13H2,(H2,23,24). The molecule has 2 saturated heterocycles. The summed E-state index contributed by atoms with van der Waals surface area (Å²) in [4.78, 5) is 6.69. The van der Waals surface area contributed by atoms with Crippen molar-refractivity contribution in [3.8, 4) is 0 Å². The topological polar surface area (TPSA) is 103 Å². The number of aromatic nitrogens is 3. The van der Waals surface area contributed by atoms with Gasteiger partial charge in [0.1, 0.15) is 5.82 Å². The Morgan fingerprint density at radius 3 is 2.48 bits per heavy atom. The van der Waals surface area contributed by atoms with Gasteiger partial charge in [-0.15, -0.1) is 0 Å². The minimum atomic E-state index is -3.52. The van der Waals surface area contributed by atoms with Crippen LogP contribution in [0.1, 0.15) is 49.0 Å². The first-order chi connectivity index (χ1) is 15.0. The largest absolute Gasteiger partial charge is 0.384 e. The Morgan fingerprint density at radius 1 is 1.10 bits per heavy atom. The maximum absolute atomic E-state index is 13.0. The molecule has 4 aliphatic rings. The molecule has 2 aliphatic carbocycles. The number of hydrogen-bond donors (Lipinski definition) is 1. The minimum Gasteiger partial charge on any atom is -0.384 e. The van der Waals surface area contributed by atoms with E-state index in [1.54, 1.807) is 0 Å². The smallest absolute Gasteiger partial charge is 0.184 e. The van der Waals surface area contributed by atoms with Crippen LogP contribution in [0, 0.1) is 11.8 Å². The zero-order valence-electron chi connectivity index (χ0n) is 17.6. The molecule has 2 atom stereocenters. The highest BCUT2D eigenvalue weighted by molar-refractivity contribution is 7.90. The molecule has 8 nitrogen and oxygen atoms in total. The lowest BCUT2D eigenvalue weighted by Gasteiger charge is -2.35. The van der Waals surface area contributed by atoms with E-state index in [4.69, 9.17) is 15.6 Å². The van der Waals surface area contributed by atoms with Crippen LogP contribution in [-0.4, -0.2) is 60.4 Å². The first kappa shape index (κ1) is 19.7. The number of likely N-dealkylation sites (tertiary alicyclic amines) is 1. The molecule has 4 heterocycles. The fourth-order valence-corrected chi connectivity index (χ4v) is 7.12. The second-order valence-electron chi connectivity index (χ2n) is 9.62. The van der Waals surface area contributed by atoms with Gasteiger partial charge in [0.15, 0.2) is 9.84 Å². The third kappa shape index (κ3) is 3.47. The van der Waals surface area contributed by atoms with E-state index < -0.39 is 9.84 Å². The van der Waals surface area contributed by atoms with Crippen molar-refractivity contribution in [2.24, 2.45) is 11.8 Å². The van der Waals surface area contributed by atoms with Crippen LogP contribution in [0.15, 0.2) is 29.3 Å². The fraction of sp³-hybridized carbons (Fsp3) is 0.636. The Kier molecular flexibility index (Phi) is 4.63. The molecule has 2 aliphatic heterocycles. The monoisotopic (exact) mass is 443 g/mol. The van der Waals surface area contributed by atoms with Crippen molar-refractivity contribution in [3.63, 3.8) is 0 Å². The molecule has 0 bridgehead atoms. The van der Waals surface area contributed by atoms with Crippen molar-refractivity contribution in [3.05, 3.63) is 35.8 Å². The molecule has 2 unspecified atom stereocenters. The van der Waals surface area contributed by atoms with Crippen LogP contribution < -0.4 is 5.73 Å². The summed E-state index contributed by atoms with van der Waals surface area (Å²) in [5, 5.41) is 4.85. The second kappa shape index (κ2) is 7.28. The van der Waals surface area contributed by atoms with Crippen molar-refractivity contribution in [2.45, 2.75) is 54.3 Å². The SMILES string of the molecule is Nc1cc(S(=O)(=O)Cc2cc(C3C4CN(C5COC5)CC43)n(C3CCCC3)n2)ccn1. The lowest BCUT2D eigenvalue weighted by molar-refractivity contribution is -0.0610. The molecule has 4 fully saturated rings. The first-order valence-corrected chi connectivity index (χ1v) is 13.0. The molecule has 2 N–H and O–H groups in total. The number of fused-ring (bicyclic) bond motifs is 1. The Hall–Kier alpha value is -1.97. The van der Waals surface area contributed by atoms with E-state index >= 15 is 0 Å². The maximum Gasteiger partial charge on any atom is 0.184 e. The molecule has 2 aromatic heterocycles. The average Bonchev–Trinajstić information content (AvgIpc) is 3.16. The van der Waals surface area contributed by atoms with E-state index in [0.717, 1.165) is 39.1 Å². The number of anilines is 1. The van der Waals surface area contributed by atoms with Crippen LogP contribution in [0.4, 0.5) is 5.82 Å². The normalized spacial score (nSPS) is 29.2. The van der Waals surface area contributed by atoms with Gasteiger partial charge in [0.05, 0.1) is 41.6 Å². The Morgan fingerprint density at radius 2 is 1.84 bits per heavy atom. The van der Waals surface area contributed by atoms with E-state index in [9.17, 15) is 8.42 Å². The van der Waals surface area contributed by atoms with Gasteiger partial charge in [-0.1, -0.05) is 12.8 Å². The van der Waals surface area contributed by atoms with Gasteiger partial charge < -0.3 is 10.5 Å². The van der Waals surface area contributed by atoms with Crippen LogP contribution in [0.5, 0.6) is 0 Å². The number of hydrogen-bond acceptors (Lipinski definition) is 7. The van der Waals surface area contributed by atoms with Crippen LogP contribution in [0.3, 0.4) is 0 Å². The summed E-state index contributed by atoms with van der Waals surface area (Å²) in [5.74, 6) is 1.96. The zero-order chi connectivity index (χ0) is 21.2. The highest BCUT2D eigenvalue weighted by Gasteiger charge is 2.59. The molecule has 166 valence electrons.